The summed E-state index contributed by atoms with van der Waals surface area (Å²) in [5.74, 6) is 0.287. The fraction of sp³-hybridized carbons (Fsp3) is 0.571. The number of aromatic nitrogens is 1. The maximum atomic E-state index is 12.4. The molecule has 0 aliphatic heterocycles. The van der Waals surface area contributed by atoms with E-state index in [1.54, 1.807) is 18.3 Å². The summed E-state index contributed by atoms with van der Waals surface area (Å²) in [6.45, 7) is 6.98. The second-order valence-corrected chi connectivity index (χ2v) is 4.74. The molecule has 0 aliphatic carbocycles. The van der Waals surface area contributed by atoms with Crippen LogP contribution in [0, 0.1) is 0 Å². The molecule has 1 heterocycles. The van der Waals surface area contributed by atoms with Crippen molar-refractivity contribution < 1.29 is 4.79 Å². The van der Waals surface area contributed by atoms with E-state index in [1.165, 1.54) is 0 Å². The van der Waals surface area contributed by atoms with Gasteiger partial charge >= 0.3 is 0 Å². The van der Waals surface area contributed by atoms with Gasteiger partial charge in [0.2, 0.25) is 0 Å². The molecule has 0 aliphatic rings. The molecule has 1 aromatic heterocycles. The van der Waals surface area contributed by atoms with E-state index >= 15 is 0 Å². The zero-order valence-corrected chi connectivity index (χ0v) is 11.5. The third-order valence-electron chi connectivity index (χ3n) is 2.96. The van der Waals surface area contributed by atoms with Crippen LogP contribution in [0.25, 0.3) is 0 Å². The smallest absolute Gasteiger partial charge is 0.257 e. The van der Waals surface area contributed by atoms with Gasteiger partial charge in [0.05, 0.1) is 5.56 Å². The average Bonchev–Trinajstić information content (AvgIpc) is 2.34. The van der Waals surface area contributed by atoms with Crippen LogP contribution in [0.1, 0.15) is 50.4 Å². The number of nitrogen functional groups attached to an aromatic ring is 1. The van der Waals surface area contributed by atoms with E-state index in [4.69, 9.17) is 5.73 Å². The van der Waals surface area contributed by atoms with Crippen LogP contribution >= 0.6 is 0 Å². The molecule has 0 saturated heterocycles. The summed E-state index contributed by atoms with van der Waals surface area (Å²) in [6, 6.07) is 3.66. The van der Waals surface area contributed by atoms with Crippen LogP contribution in [0.3, 0.4) is 0 Å². The van der Waals surface area contributed by atoms with Crippen molar-refractivity contribution in [3.05, 3.63) is 23.9 Å². The average molecular weight is 249 g/mol. The molecule has 0 aromatic carbocycles. The summed E-state index contributed by atoms with van der Waals surface area (Å²) in [6.07, 6.45) is 4.91. The van der Waals surface area contributed by atoms with E-state index in [0.29, 0.717) is 11.4 Å². The number of amides is 1. The molecule has 0 bridgehead atoms. The van der Waals surface area contributed by atoms with Crippen molar-refractivity contribution in [1.29, 1.82) is 0 Å². The van der Waals surface area contributed by atoms with Crippen LogP contribution in [0.15, 0.2) is 18.3 Å². The van der Waals surface area contributed by atoms with Crippen LogP contribution in [0.5, 0.6) is 0 Å². The van der Waals surface area contributed by atoms with Gasteiger partial charge in [0.1, 0.15) is 5.82 Å². The molecule has 1 aromatic rings. The molecule has 1 amide bonds. The molecule has 0 unspecified atom stereocenters. The van der Waals surface area contributed by atoms with Gasteiger partial charge in [0.25, 0.3) is 5.91 Å². The van der Waals surface area contributed by atoms with Gasteiger partial charge < -0.3 is 10.6 Å². The topological polar surface area (TPSA) is 59.2 Å². The molecular weight excluding hydrogens is 226 g/mol. The van der Waals surface area contributed by atoms with Gasteiger partial charge in [-0.25, -0.2) is 4.98 Å². The third kappa shape index (κ3) is 3.72. The van der Waals surface area contributed by atoms with Gasteiger partial charge in [-0.15, -0.1) is 0 Å². The van der Waals surface area contributed by atoms with Crippen LogP contribution < -0.4 is 5.73 Å². The van der Waals surface area contributed by atoms with E-state index in [0.717, 1.165) is 25.8 Å². The van der Waals surface area contributed by atoms with Crippen molar-refractivity contribution >= 4 is 11.7 Å². The van der Waals surface area contributed by atoms with Gasteiger partial charge in [-0.05, 0) is 32.4 Å². The molecule has 1 rings (SSSR count). The third-order valence-corrected chi connectivity index (χ3v) is 2.96. The van der Waals surface area contributed by atoms with Crippen LogP contribution in [0.2, 0.25) is 0 Å². The minimum absolute atomic E-state index is 0.0216. The standard InChI is InChI=1S/C14H23N3O/c1-4-5-6-10-17(11(2)3)14(18)12-8-7-9-16-13(12)15/h7-9,11H,4-6,10H2,1-3H3,(H2,15,16). The van der Waals surface area contributed by atoms with Crippen molar-refractivity contribution in [3.63, 3.8) is 0 Å². The maximum Gasteiger partial charge on any atom is 0.257 e. The number of hydrogen-bond donors (Lipinski definition) is 1. The molecule has 0 spiro atoms. The second-order valence-electron chi connectivity index (χ2n) is 4.74. The Kier molecular flexibility index (Phi) is 5.62. The van der Waals surface area contributed by atoms with Crippen molar-refractivity contribution in [2.75, 3.05) is 12.3 Å². The van der Waals surface area contributed by atoms with Gasteiger partial charge in [-0.1, -0.05) is 19.8 Å². The number of carbonyl (C=O) groups excluding carboxylic acids is 1. The lowest BCUT2D eigenvalue weighted by molar-refractivity contribution is 0.0703. The Morgan fingerprint density at radius 1 is 1.44 bits per heavy atom. The summed E-state index contributed by atoms with van der Waals surface area (Å²) < 4.78 is 0. The van der Waals surface area contributed by atoms with Crippen LogP contribution in [-0.2, 0) is 0 Å². The highest BCUT2D eigenvalue weighted by Gasteiger charge is 2.20. The lowest BCUT2D eigenvalue weighted by Gasteiger charge is -2.27. The number of hydrogen-bond acceptors (Lipinski definition) is 3. The zero-order valence-electron chi connectivity index (χ0n) is 11.5. The molecule has 4 nitrogen and oxygen atoms in total. The van der Waals surface area contributed by atoms with E-state index in [-0.39, 0.29) is 11.9 Å². The SMILES string of the molecule is CCCCCN(C(=O)c1cccnc1N)C(C)C. The highest BCUT2D eigenvalue weighted by molar-refractivity contribution is 5.98. The minimum Gasteiger partial charge on any atom is -0.383 e. The first kappa shape index (κ1) is 14.5. The molecule has 0 fully saturated rings. The summed E-state index contributed by atoms with van der Waals surface area (Å²) in [5, 5.41) is 0. The number of anilines is 1. The van der Waals surface area contributed by atoms with Crippen LogP contribution in [0.4, 0.5) is 5.82 Å². The normalized spacial score (nSPS) is 10.7. The first-order valence-electron chi connectivity index (χ1n) is 6.59. The Morgan fingerprint density at radius 3 is 2.72 bits per heavy atom. The fourth-order valence-corrected chi connectivity index (χ4v) is 1.88. The predicted molar refractivity (Wildman–Crippen MR) is 74.3 cm³/mol. The van der Waals surface area contributed by atoms with Crippen molar-refractivity contribution in [2.24, 2.45) is 0 Å². The molecule has 2 N–H and O–H groups in total. The van der Waals surface area contributed by atoms with Crippen molar-refractivity contribution in [3.8, 4) is 0 Å². The molecular formula is C14H23N3O. The molecule has 0 radical (unpaired) electrons. The van der Waals surface area contributed by atoms with Gasteiger partial charge in [0, 0.05) is 18.8 Å². The monoisotopic (exact) mass is 249 g/mol. The van der Waals surface area contributed by atoms with E-state index in [9.17, 15) is 4.79 Å². The summed E-state index contributed by atoms with van der Waals surface area (Å²) >= 11 is 0. The minimum atomic E-state index is -0.0216. The van der Waals surface area contributed by atoms with Crippen molar-refractivity contribution in [2.45, 2.75) is 46.1 Å². The number of carbonyl (C=O) groups is 1. The molecule has 18 heavy (non-hydrogen) atoms. The molecule has 0 atom stereocenters. The van der Waals surface area contributed by atoms with Crippen molar-refractivity contribution in [1.82, 2.24) is 9.88 Å². The number of pyridine rings is 1. The van der Waals surface area contributed by atoms with Crippen LogP contribution in [-0.4, -0.2) is 28.4 Å². The highest BCUT2D eigenvalue weighted by Crippen LogP contribution is 2.14. The van der Waals surface area contributed by atoms with E-state index in [2.05, 4.69) is 11.9 Å². The van der Waals surface area contributed by atoms with Gasteiger partial charge in [0.15, 0.2) is 0 Å². The maximum absolute atomic E-state index is 12.4. The van der Waals surface area contributed by atoms with E-state index < -0.39 is 0 Å². The summed E-state index contributed by atoms with van der Waals surface area (Å²) in [4.78, 5) is 18.2. The zero-order chi connectivity index (χ0) is 13.5. The number of nitrogens with zero attached hydrogens (tertiary/aromatic N) is 2. The lowest BCUT2D eigenvalue weighted by atomic mass is 10.1. The largest absolute Gasteiger partial charge is 0.383 e. The first-order valence-corrected chi connectivity index (χ1v) is 6.59. The number of unbranched alkanes of at least 4 members (excludes halogenated alkanes) is 2. The summed E-state index contributed by atoms with van der Waals surface area (Å²) in [5.41, 5.74) is 6.26. The fourth-order valence-electron chi connectivity index (χ4n) is 1.88. The Morgan fingerprint density at radius 2 is 2.17 bits per heavy atom. The predicted octanol–water partition coefficient (Wildman–Crippen LogP) is 2.70. The quantitative estimate of drug-likeness (QED) is 0.789. The van der Waals surface area contributed by atoms with Gasteiger partial charge in [-0.2, -0.15) is 0 Å². The lowest BCUT2D eigenvalue weighted by Crippen LogP contribution is -2.38. The Balaban J connectivity index is 2.80. The Bertz CT molecular complexity index is 390. The Labute approximate surface area is 109 Å². The van der Waals surface area contributed by atoms with Gasteiger partial charge in [-0.3, -0.25) is 4.79 Å². The number of nitrogens with two attached hydrogens (primary N) is 1. The highest BCUT2D eigenvalue weighted by atomic mass is 16.2. The molecule has 4 heteroatoms. The Hall–Kier alpha value is -1.58. The molecule has 100 valence electrons. The van der Waals surface area contributed by atoms with E-state index in [1.807, 2.05) is 18.7 Å². The number of rotatable bonds is 6. The molecule has 0 saturated carbocycles. The first-order chi connectivity index (χ1) is 8.57. The second kappa shape index (κ2) is 6.99. The summed E-state index contributed by atoms with van der Waals surface area (Å²) in [7, 11) is 0.